The van der Waals surface area contributed by atoms with Gasteiger partial charge >= 0.3 is 0 Å². The second-order valence-corrected chi connectivity index (χ2v) is 6.26. The molecule has 0 aliphatic rings. The molecule has 0 radical (unpaired) electrons. The average Bonchev–Trinajstić information content (AvgIpc) is 2.36. The summed E-state index contributed by atoms with van der Waals surface area (Å²) in [4.78, 5) is 8.86. The van der Waals surface area contributed by atoms with Crippen molar-refractivity contribution in [3.05, 3.63) is 40.1 Å². The van der Waals surface area contributed by atoms with E-state index in [0.29, 0.717) is 27.3 Å². The number of rotatable bonds is 2. The van der Waals surface area contributed by atoms with Crippen LogP contribution < -0.4 is 4.74 Å². The number of aromatic nitrogens is 2. The molecule has 1 aromatic carbocycles. The molecule has 0 aliphatic heterocycles. The predicted molar refractivity (Wildman–Crippen MR) is 82.7 cm³/mol. The van der Waals surface area contributed by atoms with Gasteiger partial charge < -0.3 is 4.74 Å². The number of ether oxygens (including phenoxy) is 1. The molecule has 0 atom stereocenters. The minimum absolute atomic E-state index is 0.129. The van der Waals surface area contributed by atoms with Crippen molar-refractivity contribution in [2.75, 3.05) is 7.11 Å². The Morgan fingerprint density at radius 2 is 1.80 bits per heavy atom. The Morgan fingerprint density at radius 1 is 1.10 bits per heavy atom. The van der Waals surface area contributed by atoms with E-state index in [2.05, 4.69) is 30.7 Å². The first-order valence-electron chi connectivity index (χ1n) is 6.21. The lowest BCUT2D eigenvalue weighted by Crippen LogP contribution is -2.14. The molecule has 1 aromatic heterocycles. The number of methoxy groups -OCH3 is 1. The van der Waals surface area contributed by atoms with E-state index in [0.717, 1.165) is 5.69 Å². The van der Waals surface area contributed by atoms with Crippen molar-refractivity contribution in [1.29, 1.82) is 0 Å². The van der Waals surface area contributed by atoms with Crippen molar-refractivity contribution < 1.29 is 4.74 Å². The van der Waals surface area contributed by atoms with Crippen LogP contribution >= 0.6 is 23.2 Å². The van der Waals surface area contributed by atoms with Gasteiger partial charge in [-0.15, -0.1) is 0 Å². The van der Waals surface area contributed by atoms with Gasteiger partial charge in [0, 0.05) is 5.41 Å². The van der Waals surface area contributed by atoms with Crippen LogP contribution in [0.3, 0.4) is 0 Å². The predicted octanol–water partition coefficient (Wildman–Crippen LogP) is 4.76. The zero-order valence-corrected chi connectivity index (χ0v) is 13.4. The molecule has 0 bridgehead atoms. The molecule has 2 aromatic rings. The summed E-state index contributed by atoms with van der Waals surface area (Å²) in [6.45, 7) is 6.21. The Kier molecular flexibility index (Phi) is 4.21. The van der Waals surface area contributed by atoms with Crippen molar-refractivity contribution in [1.82, 2.24) is 9.97 Å². The molecule has 1 heterocycles. The van der Waals surface area contributed by atoms with Crippen molar-refractivity contribution >= 4 is 23.2 Å². The summed E-state index contributed by atoms with van der Waals surface area (Å²) < 4.78 is 5.34. The smallest absolute Gasteiger partial charge is 0.166 e. The molecule has 3 nitrogen and oxygen atoms in total. The van der Waals surface area contributed by atoms with Gasteiger partial charge in [-0.2, -0.15) is 0 Å². The minimum atomic E-state index is -0.129. The quantitative estimate of drug-likeness (QED) is 0.750. The lowest BCUT2D eigenvalue weighted by molar-refractivity contribution is 0.416. The lowest BCUT2D eigenvalue weighted by atomic mass is 9.92. The fraction of sp³-hybridized carbons (Fsp3) is 0.333. The van der Waals surface area contributed by atoms with E-state index in [4.69, 9.17) is 27.9 Å². The Morgan fingerprint density at radius 3 is 2.40 bits per heavy atom. The van der Waals surface area contributed by atoms with Gasteiger partial charge in [0.25, 0.3) is 0 Å². The third kappa shape index (κ3) is 3.05. The molecule has 5 heteroatoms. The van der Waals surface area contributed by atoms with Gasteiger partial charge in [-0.05, 0) is 18.2 Å². The maximum Gasteiger partial charge on any atom is 0.166 e. The molecule has 0 fully saturated rings. The number of hydrogen-bond acceptors (Lipinski definition) is 3. The van der Waals surface area contributed by atoms with Crippen molar-refractivity contribution in [2.24, 2.45) is 0 Å². The first-order valence-corrected chi connectivity index (χ1v) is 6.96. The summed E-state index contributed by atoms with van der Waals surface area (Å²) in [5.74, 6) is 1.10. The highest BCUT2D eigenvalue weighted by Crippen LogP contribution is 2.36. The topological polar surface area (TPSA) is 35.0 Å². The molecular weight excluding hydrogens is 295 g/mol. The Bertz CT molecular complexity index is 636. The maximum absolute atomic E-state index is 6.26. The molecule has 0 N–H and O–H groups in total. The van der Waals surface area contributed by atoms with E-state index in [9.17, 15) is 0 Å². The largest absolute Gasteiger partial charge is 0.496 e. The van der Waals surface area contributed by atoms with Crippen LogP contribution in [0.15, 0.2) is 24.3 Å². The van der Waals surface area contributed by atoms with Crippen LogP contribution in [0.1, 0.15) is 26.5 Å². The number of nitrogens with zero attached hydrogens (tertiary/aromatic N) is 2. The number of benzene rings is 1. The number of hydrogen-bond donors (Lipinski definition) is 0. The van der Waals surface area contributed by atoms with Crippen molar-refractivity contribution in [2.45, 2.75) is 26.2 Å². The molecule has 0 unspecified atom stereocenters. The molecule has 0 saturated heterocycles. The van der Waals surface area contributed by atoms with Crippen LogP contribution in [0.25, 0.3) is 11.4 Å². The summed E-state index contributed by atoms with van der Waals surface area (Å²) in [6, 6.07) is 7.19. The fourth-order valence-corrected chi connectivity index (χ4v) is 2.24. The van der Waals surface area contributed by atoms with Crippen molar-refractivity contribution in [3.63, 3.8) is 0 Å². The van der Waals surface area contributed by atoms with Crippen LogP contribution in [-0.2, 0) is 5.41 Å². The van der Waals surface area contributed by atoms with Crippen LogP contribution in [-0.4, -0.2) is 17.1 Å². The van der Waals surface area contributed by atoms with E-state index >= 15 is 0 Å². The Labute approximate surface area is 128 Å². The second-order valence-electron chi connectivity index (χ2n) is 5.47. The van der Waals surface area contributed by atoms with Gasteiger partial charge in [-0.25, -0.2) is 9.97 Å². The van der Waals surface area contributed by atoms with Crippen molar-refractivity contribution in [3.8, 4) is 17.1 Å². The molecule has 2 rings (SSSR count). The summed E-state index contributed by atoms with van der Waals surface area (Å²) in [7, 11) is 1.59. The maximum atomic E-state index is 6.26. The molecule has 0 saturated carbocycles. The van der Waals surface area contributed by atoms with E-state index in [1.54, 1.807) is 19.2 Å². The first-order chi connectivity index (χ1) is 9.32. The zero-order chi connectivity index (χ0) is 14.9. The molecule has 0 spiro atoms. The first kappa shape index (κ1) is 15.1. The summed E-state index contributed by atoms with van der Waals surface area (Å²) in [6.07, 6.45) is 0. The van der Waals surface area contributed by atoms with Gasteiger partial charge in [-0.1, -0.05) is 50.0 Å². The summed E-state index contributed by atoms with van der Waals surface area (Å²) >= 11 is 12.4. The zero-order valence-electron chi connectivity index (χ0n) is 11.9. The fourth-order valence-electron chi connectivity index (χ4n) is 1.81. The van der Waals surface area contributed by atoms with Gasteiger partial charge in [0.2, 0.25) is 0 Å². The third-order valence-corrected chi connectivity index (χ3v) is 3.39. The Hall–Kier alpha value is -1.32. The van der Waals surface area contributed by atoms with E-state index < -0.39 is 0 Å². The molecule has 20 heavy (non-hydrogen) atoms. The summed E-state index contributed by atoms with van der Waals surface area (Å²) in [5, 5.41) is 0.924. The van der Waals surface area contributed by atoms with Crippen LogP contribution in [0.5, 0.6) is 5.75 Å². The van der Waals surface area contributed by atoms with E-state index in [-0.39, 0.29) is 5.41 Å². The monoisotopic (exact) mass is 310 g/mol. The van der Waals surface area contributed by atoms with Gasteiger partial charge in [0.05, 0.1) is 23.4 Å². The molecule has 0 aliphatic carbocycles. The van der Waals surface area contributed by atoms with Crippen LogP contribution in [0.4, 0.5) is 0 Å². The highest BCUT2D eigenvalue weighted by atomic mass is 35.5. The Balaban J connectivity index is 2.68. The standard InChI is InChI=1S/C15H16Cl2N2O/c1-15(2,3)11-8-12(17)19-14(18-11)13-9(16)6-5-7-10(13)20-4/h5-8H,1-4H3. The van der Waals surface area contributed by atoms with Crippen LogP contribution in [0, 0.1) is 0 Å². The van der Waals surface area contributed by atoms with Gasteiger partial charge in [0.1, 0.15) is 10.9 Å². The highest BCUT2D eigenvalue weighted by Gasteiger charge is 2.20. The minimum Gasteiger partial charge on any atom is -0.496 e. The van der Waals surface area contributed by atoms with Gasteiger partial charge in [-0.3, -0.25) is 0 Å². The lowest BCUT2D eigenvalue weighted by Gasteiger charge is -2.19. The van der Waals surface area contributed by atoms with Crippen LogP contribution in [0.2, 0.25) is 10.2 Å². The number of halogens is 2. The SMILES string of the molecule is COc1cccc(Cl)c1-c1nc(Cl)cc(C(C)(C)C)n1. The van der Waals surface area contributed by atoms with Gasteiger partial charge in [0.15, 0.2) is 5.82 Å². The third-order valence-electron chi connectivity index (χ3n) is 2.88. The normalized spacial score (nSPS) is 11.5. The van der Waals surface area contributed by atoms with E-state index in [1.165, 1.54) is 0 Å². The molecule has 0 amide bonds. The summed E-state index contributed by atoms with van der Waals surface area (Å²) in [5.41, 5.74) is 1.38. The van der Waals surface area contributed by atoms with E-state index in [1.807, 2.05) is 12.1 Å². The molecular formula is C15H16Cl2N2O. The average molecular weight is 311 g/mol. The second kappa shape index (κ2) is 5.58. The highest BCUT2D eigenvalue weighted by molar-refractivity contribution is 6.33. The molecule has 106 valence electrons.